The van der Waals surface area contributed by atoms with E-state index in [1.807, 2.05) is 6.92 Å². The van der Waals surface area contributed by atoms with Crippen molar-refractivity contribution in [2.45, 2.75) is 25.9 Å². The molecule has 0 N–H and O–H groups in total. The summed E-state index contributed by atoms with van der Waals surface area (Å²) in [5, 5.41) is 10.9. The van der Waals surface area contributed by atoms with Crippen molar-refractivity contribution in [3.05, 3.63) is 56.6 Å². The Morgan fingerprint density at radius 3 is 2.39 bits per heavy atom. The summed E-state index contributed by atoms with van der Waals surface area (Å²) in [6, 6.07) is 5.03. The van der Waals surface area contributed by atoms with Crippen molar-refractivity contribution in [1.29, 1.82) is 0 Å². The molecule has 0 aliphatic carbocycles. The average Bonchev–Trinajstić information content (AvgIpc) is 2.62. The number of hydrogen-bond acceptors (Lipinski definition) is 5. The summed E-state index contributed by atoms with van der Waals surface area (Å²) >= 11 is 5.91. The summed E-state index contributed by atoms with van der Waals surface area (Å²) in [6.07, 6.45) is -3.55. The van der Waals surface area contributed by atoms with Crippen molar-refractivity contribution < 1.29 is 31.9 Å². The van der Waals surface area contributed by atoms with Crippen LogP contribution in [0.15, 0.2) is 30.3 Å². The maximum Gasteiger partial charge on any atom is 0.416 e. The van der Waals surface area contributed by atoms with Crippen molar-refractivity contribution >= 4 is 30.6 Å². The topological polar surface area (TPSA) is 78.7 Å². The smallest absolute Gasteiger partial charge is 0.416 e. The number of nitro groups is 1. The summed E-state index contributed by atoms with van der Waals surface area (Å²) in [7, 11) is -1.76. The van der Waals surface area contributed by atoms with Crippen LogP contribution in [-0.4, -0.2) is 12.0 Å². The zero-order chi connectivity index (χ0) is 21.1. The molecule has 0 spiro atoms. The standard InChI is InChI=1S/C17H16ClF3NO5P/c1-3-4-10-7-13(22(23)24)16(28(25)26-2)9-15(10)27-14-6-5-11(8-12(14)18)17(19,20)21/h5-9,28H,3-4H2,1-2H3. The lowest BCUT2D eigenvalue weighted by Crippen LogP contribution is -2.09. The van der Waals surface area contributed by atoms with E-state index in [0.717, 1.165) is 25.3 Å². The van der Waals surface area contributed by atoms with Gasteiger partial charge in [-0.15, -0.1) is 0 Å². The first kappa shape index (κ1) is 22.2. The molecule has 0 saturated carbocycles. The average molecular weight is 438 g/mol. The third-order valence-electron chi connectivity index (χ3n) is 3.78. The van der Waals surface area contributed by atoms with E-state index in [-0.39, 0.29) is 27.5 Å². The second kappa shape index (κ2) is 8.94. The minimum Gasteiger partial charge on any atom is -0.455 e. The molecule has 0 bridgehead atoms. The molecule has 2 aromatic rings. The molecule has 0 aliphatic heterocycles. The fraction of sp³-hybridized carbons (Fsp3) is 0.294. The highest BCUT2D eigenvalue weighted by atomic mass is 35.5. The molecule has 28 heavy (non-hydrogen) atoms. The van der Waals surface area contributed by atoms with E-state index in [1.54, 1.807) is 0 Å². The molecule has 2 rings (SSSR count). The van der Waals surface area contributed by atoms with Gasteiger partial charge in [0, 0.05) is 24.8 Å². The minimum atomic E-state index is -4.56. The molecule has 0 fully saturated rings. The number of benzene rings is 2. The van der Waals surface area contributed by atoms with Crippen LogP contribution in [0.3, 0.4) is 0 Å². The van der Waals surface area contributed by atoms with Gasteiger partial charge in [-0.25, -0.2) is 0 Å². The van der Waals surface area contributed by atoms with Crippen molar-refractivity contribution in [2.75, 3.05) is 7.11 Å². The van der Waals surface area contributed by atoms with Crippen LogP contribution in [0.25, 0.3) is 0 Å². The fourth-order valence-electron chi connectivity index (χ4n) is 2.47. The second-order valence-corrected chi connectivity index (χ2v) is 7.65. The quantitative estimate of drug-likeness (QED) is 0.313. The number of alkyl halides is 3. The first-order chi connectivity index (χ1) is 13.1. The normalized spacial score (nSPS) is 12.6. The van der Waals surface area contributed by atoms with Gasteiger partial charge in [-0.05, 0) is 24.6 Å². The summed E-state index contributed by atoms with van der Waals surface area (Å²) < 4.78 is 60.8. The van der Waals surface area contributed by atoms with Crippen LogP contribution in [0.1, 0.15) is 24.5 Å². The minimum absolute atomic E-state index is 0.0658. The molecule has 0 radical (unpaired) electrons. The molecular weight excluding hydrogens is 422 g/mol. The van der Waals surface area contributed by atoms with E-state index in [1.165, 1.54) is 12.1 Å². The Morgan fingerprint density at radius 1 is 1.21 bits per heavy atom. The monoisotopic (exact) mass is 437 g/mol. The molecule has 0 aliphatic rings. The molecule has 0 heterocycles. The van der Waals surface area contributed by atoms with Gasteiger partial charge in [0.15, 0.2) is 0 Å². The number of hydrogen-bond donors (Lipinski definition) is 0. The third kappa shape index (κ3) is 5.04. The fourth-order valence-corrected chi connectivity index (χ4v) is 3.53. The van der Waals surface area contributed by atoms with E-state index in [2.05, 4.69) is 0 Å². The zero-order valence-electron chi connectivity index (χ0n) is 14.8. The van der Waals surface area contributed by atoms with Gasteiger partial charge in [0.25, 0.3) is 5.69 Å². The van der Waals surface area contributed by atoms with E-state index in [9.17, 15) is 27.9 Å². The molecule has 6 nitrogen and oxygen atoms in total. The highest BCUT2D eigenvalue weighted by Crippen LogP contribution is 2.39. The Balaban J connectivity index is 2.55. The number of halogens is 4. The van der Waals surface area contributed by atoms with Gasteiger partial charge in [0.05, 0.1) is 15.5 Å². The number of nitro benzene ring substituents is 1. The lowest BCUT2D eigenvalue weighted by Gasteiger charge is -2.15. The largest absolute Gasteiger partial charge is 0.455 e. The van der Waals surface area contributed by atoms with E-state index in [0.29, 0.717) is 18.4 Å². The SMILES string of the molecule is CCCc1cc([N+](=O)[O-])c([PH](=O)OC)cc1Oc1ccc(C(F)(F)F)cc1Cl. The van der Waals surface area contributed by atoms with E-state index >= 15 is 0 Å². The number of aryl methyl sites for hydroxylation is 1. The van der Waals surface area contributed by atoms with Crippen LogP contribution in [-0.2, 0) is 21.7 Å². The Kier molecular flexibility index (Phi) is 7.09. The third-order valence-corrected chi connectivity index (χ3v) is 5.29. The number of nitrogens with zero attached hydrogens (tertiary/aromatic N) is 1. The van der Waals surface area contributed by atoms with Crippen LogP contribution in [0.5, 0.6) is 11.5 Å². The molecular formula is C17H16ClF3NO5P. The van der Waals surface area contributed by atoms with Crippen molar-refractivity contribution in [3.63, 3.8) is 0 Å². The maximum atomic E-state index is 12.8. The van der Waals surface area contributed by atoms with Crippen LogP contribution in [0, 0.1) is 10.1 Å². The van der Waals surface area contributed by atoms with Crippen LogP contribution in [0.4, 0.5) is 18.9 Å². The van der Waals surface area contributed by atoms with Gasteiger partial charge in [-0.2, -0.15) is 13.2 Å². The number of ether oxygens (including phenoxy) is 1. The van der Waals surface area contributed by atoms with E-state index < -0.39 is 24.7 Å². The van der Waals surface area contributed by atoms with E-state index in [4.69, 9.17) is 20.9 Å². The van der Waals surface area contributed by atoms with Gasteiger partial charge in [-0.3, -0.25) is 14.7 Å². The predicted molar refractivity (Wildman–Crippen MR) is 99.3 cm³/mol. The summed E-state index contributed by atoms with van der Waals surface area (Å²) in [5.41, 5.74) is -0.882. The summed E-state index contributed by atoms with van der Waals surface area (Å²) in [6.45, 7) is 1.84. The number of rotatable bonds is 7. The van der Waals surface area contributed by atoms with Gasteiger partial charge in [0.1, 0.15) is 16.8 Å². The van der Waals surface area contributed by atoms with Gasteiger partial charge in [0.2, 0.25) is 8.03 Å². The Bertz CT molecular complexity index is 920. The van der Waals surface area contributed by atoms with Crippen LogP contribution in [0.2, 0.25) is 5.02 Å². The maximum absolute atomic E-state index is 12.8. The van der Waals surface area contributed by atoms with Gasteiger partial charge in [-0.1, -0.05) is 24.9 Å². The molecule has 2 aromatic carbocycles. The van der Waals surface area contributed by atoms with Crippen molar-refractivity contribution in [2.24, 2.45) is 0 Å². The van der Waals surface area contributed by atoms with Gasteiger partial charge < -0.3 is 9.26 Å². The lowest BCUT2D eigenvalue weighted by atomic mass is 10.1. The second-order valence-electron chi connectivity index (χ2n) is 5.72. The van der Waals surface area contributed by atoms with Crippen LogP contribution < -0.4 is 10.0 Å². The Labute approximate surface area is 164 Å². The van der Waals surface area contributed by atoms with Crippen molar-refractivity contribution in [3.8, 4) is 11.5 Å². The summed E-state index contributed by atoms with van der Waals surface area (Å²) in [4.78, 5) is 10.6. The van der Waals surface area contributed by atoms with Crippen molar-refractivity contribution in [1.82, 2.24) is 0 Å². The molecule has 152 valence electrons. The first-order valence-electron chi connectivity index (χ1n) is 8.02. The zero-order valence-corrected chi connectivity index (χ0v) is 16.6. The molecule has 11 heteroatoms. The molecule has 0 amide bonds. The molecule has 0 saturated heterocycles. The first-order valence-corrected chi connectivity index (χ1v) is 9.72. The van der Waals surface area contributed by atoms with Crippen LogP contribution >= 0.6 is 19.6 Å². The highest BCUT2D eigenvalue weighted by molar-refractivity contribution is 7.48. The van der Waals surface area contributed by atoms with Gasteiger partial charge >= 0.3 is 6.18 Å². The predicted octanol–water partition coefficient (Wildman–Crippen LogP) is 5.76. The molecule has 1 atom stereocenters. The lowest BCUT2D eigenvalue weighted by molar-refractivity contribution is -0.383. The highest BCUT2D eigenvalue weighted by Gasteiger charge is 2.31. The Morgan fingerprint density at radius 2 is 1.89 bits per heavy atom. The Hall–Kier alpha value is -2.09. The summed E-state index contributed by atoms with van der Waals surface area (Å²) in [5.74, 6) is 0.0448. The molecule has 1 unspecified atom stereocenters. The molecule has 0 aromatic heterocycles.